The van der Waals surface area contributed by atoms with Crippen LogP contribution in [0.15, 0.2) is 40.9 Å². The molecule has 0 saturated carbocycles. The highest BCUT2D eigenvalue weighted by atomic mass is 79.9. The summed E-state index contributed by atoms with van der Waals surface area (Å²) in [4.78, 5) is 0. The van der Waals surface area contributed by atoms with E-state index in [2.05, 4.69) is 52.4 Å². The van der Waals surface area contributed by atoms with Crippen LogP contribution in [0.1, 0.15) is 22.7 Å². The third-order valence-corrected chi connectivity index (χ3v) is 4.21. The number of hydrogen-bond acceptors (Lipinski definition) is 3. The number of nitrogens with one attached hydrogen (secondary N) is 1. The van der Waals surface area contributed by atoms with Gasteiger partial charge in [-0.25, -0.2) is 0 Å². The molecule has 0 aliphatic heterocycles. The van der Waals surface area contributed by atoms with E-state index < -0.39 is 0 Å². The summed E-state index contributed by atoms with van der Waals surface area (Å²) in [6.07, 6.45) is 0. The van der Waals surface area contributed by atoms with Crippen LogP contribution >= 0.6 is 15.9 Å². The fourth-order valence-corrected chi connectivity index (χ4v) is 3.02. The van der Waals surface area contributed by atoms with Crippen molar-refractivity contribution in [3.05, 3.63) is 57.6 Å². The Balaban J connectivity index is 2.42. The molecule has 0 aliphatic carbocycles. The molecular weight excluding hydrogens is 330 g/mol. The van der Waals surface area contributed by atoms with Gasteiger partial charge < -0.3 is 14.8 Å². The average Bonchev–Trinajstić information content (AvgIpc) is 2.49. The SMILES string of the molecule is CNC(c1ccc(OC)c(Br)c1)c1ccc(OC)cc1C. The second-order valence-corrected chi connectivity index (χ2v) is 5.69. The molecule has 2 aromatic rings. The number of aryl methyl sites for hydroxylation is 1. The van der Waals surface area contributed by atoms with Gasteiger partial charge in [-0.1, -0.05) is 12.1 Å². The lowest BCUT2D eigenvalue weighted by molar-refractivity contribution is 0.412. The molecule has 0 heterocycles. The van der Waals surface area contributed by atoms with Crippen LogP contribution < -0.4 is 14.8 Å². The minimum absolute atomic E-state index is 0.123. The molecule has 2 aromatic carbocycles. The van der Waals surface area contributed by atoms with E-state index in [0.29, 0.717) is 0 Å². The third kappa shape index (κ3) is 3.39. The summed E-state index contributed by atoms with van der Waals surface area (Å²) in [7, 11) is 5.32. The van der Waals surface area contributed by atoms with Crippen LogP contribution in [0.3, 0.4) is 0 Å². The van der Waals surface area contributed by atoms with Crippen molar-refractivity contribution in [3.63, 3.8) is 0 Å². The van der Waals surface area contributed by atoms with Crippen molar-refractivity contribution in [2.45, 2.75) is 13.0 Å². The molecule has 1 unspecified atom stereocenters. The van der Waals surface area contributed by atoms with Gasteiger partial charge in [0.05, 0.1) is 24.7 Å². The lowest BCUT2D eigenvalue weighted by Crippen LogP contribution is -2.18. The van der Waals surface area contributed by atoms with Gasteiger partial charge in [0.1, 0.15) is 11.5 Å². The van der Waals surface area contributed by atoms with Crippen molar-refractivity contribution in [2.75, 3.05) is 21.3 Å². The first-order chi connectivity index (χ1) is 10.1. The maximum absolute atomic E-state index is 5.29. The summed E-state index contributed by atoms with van der Waals surface area (Å²) >= 11 is 3.55. The van der Waals surface area contributed by atoms with Crippen molar-refractivity contribution in [1.82, 2.24) is 5.32 Å². The Morgan fingerprint density at radius 2 is 1.81 bits per heavy atom. The standard InChI is InChI=1S/C17H20BrNO2/c1-11-9-13(20-3)6-7-14(11)17(19-2)12-5-8-16(21-4)15(18)10-12/h5-10,17,19H,1-4H3. The summed E-state index contributed by atoms with van der Waals surface area (Å²) in [5, 5.41) is 3.38. The normalized spacial score (nSPS) is 12.0. The monoisotopic (exact) mass is 349 g/mol. The molecule has 4 heteroatoms. The van der Waals surface area contributed by atoms with Crippen LogP contribution in [0.4, 0.5) is 0 Å². The van der Waals surface area contributed by atoms with Crippen molar-refractivity contribution < 1.29 is 9.47 Å². The van der Waals surface area contributed by atoms with Crippen LogP contribution in [0, 0.1) is 6.92 Å². The summed E-state index contributed by atoms with van der Waals surface area (Å²) in [6.45, 7) is 2.10. The predicted molar refractivity (Wildman–Crippen MR) is 89.3 cm³/mol. The van der Waals surface area contributed by atoms with Crippen LogP contribution in [0.2, 0.25) is 0 Å². The summed E-state index contributed by atoms with van der Waals surface area (Å²) in [5.41, 5.74) is 3.61. The van der Waals surface area contributed by atoms with Gasteiger partial charge in [-0.2, -0.15) is 0 Å². The molecular formula is C17H20BrNO2. The highest BCUT2D eigenvalue weighted by molar-refractivity contribution is 9.10. The topological polar surface area (TPSA) is 30.5 Å². The Bertz CT molecular complexity index is 628. The molecule has 0 saturated heterocycles. The lowest BCUT2D eigenvalue weighted by Gasteiger charge is -2.20. The Morgan fingerprint density at radius 3 is 2.33 bits per heavy atom. The van der Waals surface area contributed by atoms with E-state index in [1.807, 2.05) is 19.2 Å². The molecule has 0 bridgehead atoms. The smallest absolute Gasteiger partial charge is 0.133 e. The first-order valence-corrected chi connectivity index (χ1v) is 7.55. The van der Waals surface area contributed by atoms with E-state index in [-0.39, 0.29) is 6.04 Å². The number of methoxy groups -OCH3 is 2. The van der Waals surface area contributed by atoms with Crippen LogP contribution in [0.5, 0.6) is 11.5 Å². The van der Waals surface area contributed by atoms with E-state index in [9.17, 15) is 0 Å². The zero-order valence-corrected chi connectivity index (χ0v) is 14.3. The van der Waals surface area contributed by atoms with Gasteiger partial charge in [-0.05, 0) is 70.9 Å². The van der Waals surface area contributed by atoms with E-state index in [4.69, 9.17) is 9.47 Å². The van der Waals surface area contributed by atoms with Gasteiger partial charge in [0.25, 0.3) is 0 Å². The second kappa shape index (κ2) is 6.96. The van der Waals surface area contributed by atoms with Crippen LogP contribution in [0.25, 0.3) is 0 Å². The van der Waals surface area contributed by atoms with Gasteiger partial charge in [-0.15, -0.1) is 0 Å². The summed E-state index contributed by atoms with van der Waals surface area (Å²) in [5.74, 6) is 1.71. The third-order valence-electron chi connectivity index (χ3n) is 3.59. The molecule has 112 valence electrons. The number of rotatable bonds is 5. The first-order valence-electron chi connectivity index (χ1n) is 6.76. The Morgan fingerprint density at radius 1 is 1.05 bits per heavy atom. The molecule has 1 atom stereocenters. The van der Waals surface area contributed by atoms with E-state index >= 15 is 0 Å². The summed E-state index contributed by atoms with van der Waals surface area (Å²) < 4.78 is 11.5. The minimum atomic E-state index is 0.123. The number of benzene rings is 2. The zero-order chi connectivity index (χ0) is 15.4. The lowest BCUT2D eigenvalue weighted by atomic mass is 9.95. The average molecular weight is 350 g/mol. The molecule has 0 radical (unpaired) electrons. The number of halogens is 1. The number of ether oxygens (including phenoxy) is 2. The van der Waals surface area contributed by atoms with E-state index in [1.54, 1.807) is 14.2 Å². The molecule has 2 rings (SSSR count). The van der Waals surface area contributed by atoms with Crippen molar-refractivity contribution in [2.24, 2.45) is 0 Å². The van der Waals surface area contributed by atoms with Crippen molar-refractivity contribution in [3.8, 4) is 11.5 Å². The van der Waals surface area contributed by atoms with Gasteiger partial charge in [0.15, 0.2) is 0 Å². The van der Waals surface area contributed by atoms with Gasteiger partial charge in [0, 0.05) is 0 Å². The molecule has 0 amide bonds. The number of hydrogen-bond donors (Lipinski definition) is 1. The van der Waals surface area contributed by atoms with Crippen molar-refractivity contribution in [1.29, 1.82) is 0 Å². The maximum atomic E-state index is 5.29. The molecule has 0 aliphatic rings. The van der Waals surface area contributed by atoms with E-state index in [1.165, 1.54) is 16.7 Å². The van der Waals surface area contributed by atoms with Gasteiger partial charge in [0.2, 0.25) is 0 Å². The fourth-order valence-electron chi connectivity index (χ4n) is 2.46. The highest BCUT2D eigenvalue weighted by Gasteiger charge is 2.16. The van der Waals surface area contributed by atoms with Crippen molar-refractivity contribution >= 4 is 15.9 Å². The molecule has 0 spiro atoms. The molecule has 3 nitrogen and oxygen atoms in total. The predicted octanol–water partition coefficient (Wildman–Crippen LogP) is 4.08. The van der Waals surface area contributed by atoms with E-state index in [0.717, 1.165) is 16.0 Å². The minimum Gasteiger partial charge on any atom is -0.497 e. The maximum Gasteiger partial charge on any atom is 0.133 e. The largest absolute Gasteiger partial charge is 0.497 e. The van der Waals surface area contributed by atoms with Crippen LogP contribution in [-0.4, -0.2) is 21.3 Å². The first kappa shape index (κ1) is 15.9. The van der Waals surface area contributed by atoms with Gasteiger partial charge in [-0.3, -0.25) is 0 Å². The Kier molecular flexibility index (Phi) is 5.26. The quantitative estimate of drug-likeness (QED) is 0.881. The molecule has 0 fully saturated rings. The van der Waals surface area contributed by atoms with Crippen LogP contribution in [-0.2, 0) is 0 Å². The molecule has 21 heavy (non-hydrogen) atoms. The van der Waals surface area contributed by atoms with Gasteiger partial charge >= 0.3 is 0 Å². The Hall–Kier alpha value is -1.52. The fraction of sp³-hybridized carbons (Fsp3) is 0.294. The molecule has 0 aromatic heterocycles. The zero-order valence-electron chi connectivity index (χ0n) is 12.7. The Labute approximate surface area is 134 Å². The second-order valence-electron chi connectivity index (χ2n) is 4.84. The molecule has 1 N–H and O–H groups in total. The highest BCUT2D eigenvalue weighted by Crippen LogP contribution is 2.32. The summed E-state index contributed by atoms with van der Waals surface area (Å²) in [6, 6.07) is 12.4.